The molecular formula is C13H13F4N3O. The van der Waals surface area contributed by atoms with E-state index in [1.54, 1.807) is 6.92 Å². The predicted octanol–water partition coefficient (Wildman–Crippen LogP) is 2.87. The summed E-state index contributed by atoms with van der Waals surface area (Å²) in [4.78, 5) is 3.99. The molecule has 1 aromatic carbocycles. The highest BCUT2D eigenvalue weighted by Crippen LogP contribution is 2.30. The van der Waals surface area contributed by atoms with Crippen molar-refractivity contribution in [3.8, 4) is 0 Å². The number of alkyl halides is 3. The summed E-state index contributed by atoms with van der Waals surface area (Å²) in [5.41, 5.74) is -0.768. The molecule has 0 unspecified atom stereocenters. The lowest BCUT2D eigenvalue weighted by molar-refractivity contribution is -0.137. The second-order valence-electron chi connectivity index (χ2n) is 4.51. The second-order valence-corrected chi connectivity index (χ2v) is 4.51. The molecule has 1 N–H and O–H groups in total. The number of benzene rings is 1. The molecular weight excluding hydrogens is 290 g/mol. The number of halogens is 4. The molecule has 0 saturated carbocycles. The highest BCUT2D eigenvalue weighted by Gasteiger charge is 2.31. The van der Waals surface area contributed by atoms with E-state index >= 15 is 0 Å². The van der Waals surface area contributed by atoms with Crippen LogP contribution in [-0.4, -0.2) is 16.7 Å². The minimum absolute atomic E-state index is 0.119. The summed E-state index contributed by atoms with van der Waals surface area (Å²) in [6.07, 6.45) is -4.11. The van der Waals surface area contributed by atoms with Crippen LogP contribution in [0, 0.1) is 12.7 Å². The van der Waals surface area contributed by atoms with Crippen molar-refractivity contribution >= 4 is 0 Å². The third-order valence-electron chi connectivity index (χ3n) is 2.70. The molecule has 21 heavy (non-hydrogen) atoms. The van der Waals surface area contributed by atoms with Crippen LogP contribution < -0.4 is 5.32 Å². The van der Waals surface area contributed by atoms with Crippen LogP contribution >= 0.6 is 0 Å². The summed E-state index contributed by atoms with van der Waals surface area (Å²) < 4.78 is 55.7. The lowest BCUT2D eigenvalue weighted by atomic mass is 10.1. The average molecular weight is 303 g/mol. The smallest absolute Gasteiger partial charge is 0.339 e. The molecule has 0 atom stereocenters. The van der Waals surface area contributed by atoms with Gasteiger partial charge in [-0.1, -0.05) is 5.16 Å². The Balaban J connectivity index is 1.89. The van der Waals surface area contributed by atoms with Crippen LogP contribution in [0.5, 0.6) is 0 Å². The molecule has 0 aliphatic heterocycles. The largest absolute Gasteiger partial charge is 0.416 e. The minimum atomic E-state index is -4.56. The zero-order valence-electron chi connectivity index (χ0n) is 11.2. The van der Waals surface area contributed by atoms with Crippen LogP contribution in [0.3, 0.4) is 0 Å². The molecule has 0 spiro atoms. The Kier molecular flexibility index (Phi) is 4.56. The minimum Gasteiger partial charge on any atom is -0.339 e. The average Bonchev–Trinajstić information content (AvgIpc) is 2.79. The van der Waals surface area contributed by atoms with E-state index in [1.165, 1.54) is 0 Å². The van der Waals surface area contributed by atoms with Gasteiger partial charge in [-0.05, 0) is 30.7 Å². The molecule has 1 heterocycles. The number of aryl methyl sites for hydroxylation is 1. The van der Waals surface area contributed by atoms with Gasteiger partial charge < -0.3 is 9.84 Å². The molecule has 4 nitrogen and oxygen atoms in total. The van der Waals surface area contributed by atoms with Gasteiger partial charge in [0.2, 0.25) is 5.89 Å². The normalized spacial score (nSPS) is 11.9. The summed E-state index contributed by atoms with van der Waals surface area (Å²) in [6.45, 7) is 2.24. The van der Waals surface area contributed by atoms with Crippen molar-refractivity contribution in [3.63, 3.8) is 0 Å². The Morgan fingerprint density at radius 1 is 1.24 bits per heavy atom. The summed E-state index contributed by atoms with van der Waals surface area (Å²) in [6, 6.07) is 2.47. The van der Waals surface area contributed by atoms with Crippen molar-refractivity contribution in [3.05, 3.63) is 46.9 Å². The van der Waals surface area contributed by atoms with Crippen LogP contribution in [-0.2, 0) is 19.1 Å². The topological polar surface area (TPSA) is 51.0 Å². The summed E-state index contributed by atoms with van der Waals surface area (Å²) in [5.74, 6) is 0.0503. The first-order valence-electron chi connectivity index (χ1n) is 6.21. The van der Waals surface area contributed by atoms with Crippen molar-refractivity contribution < 1.29 is 22.1 Å². The van der Waals surface area contributed by atoms with Crippen LogP contribution in [0.2, 0.25) is 0 Å². The molecule has 0 amide bonds. The molecule has 0 aliphatic carbocycles. The van der Waals surface area contributed by atoms with E-state index in [1.807, 2.05) is 0 Å². The molecule has 8 heteroatoms. The lowest BCUT2D eigenvalue weighted by Gasteiger charge is -2.10. The van der Waals surface area contributed by atoms with Crippen molar-refractivity contribution in [1.29, 1.82) is 0 Å². The molecule has 1 aromatic heterocycles. The standard InChI is InChI=1S/C13H13F4N3O/c1-8-19-12(21-20-8)2-3-18-7-9-4-10(13(15,16)17)6-11(14)5-9/h4-6,18H,2-3,7H2,1H3. The molecule has 0 aliphatic rings. The number of nitrogens with zero attached hydrogens (tertiary/aromatic N) is 2. The highest BCUT2D eigenvalue weighted by molar-refractivity contribution is 5.26. The van der Waals surface area contributed by atoms with E-state index in [0.717, 1.165) is 12.1 Å². The Morgan fingerprint density at radius 2 is 2.00 bits per heavy atom. The van der Waals surface area contributed by atoms with Crippen molar-refractivity contribution in [2.75, 3.05) is 6.54 Å². The Labute approximate surface area is 118 Å². The third-order valence-corrected chi connectivity index (χ3v) is 2.70. The summed E-state index contributed by atoms with van der Waals surface area (Å²) in [7, 11) is 0. The molecule has 2 rings (SSSR count). The van der Waals surface area contributed by atoms with Crippen molar-refractivity contribution in [2.45, 2.75) is 26.1 Å². The Morgan fingerprint density at radius 3 is 2.62 bits per heavy atom. The molecule has 0 saturated heterocycles. The maximum atomic E-state index is 13.2. The zero-order chi connectivity index (χ0) is 15.5. The van der Waals surface area contributed by atoms with Gasteiger partial charge in [-0.25, -0.2) is 4.39 Å². The Hall–Kier alpha value is -1.96. The SMILES string of the molecule is Cc1noc(CCNCc2cc(F)cc(C(F)(F)F)c2)n1. The first-order valence-corrected chi connectivity index (χ1v) is 6.21. The number of aromatic nitrogens is 2. The monoisotopic (exact) mass is 303 g/mol. The maximum Gasteiger partial charge on any atom is 0.416 e. The first-order chi connectivity index (χ1) is 9.84. The fourth-order valence-corrected chi connectivity index (χ4v) is 1.79. The van der Waals surface area contributed by atoms with E-state index in [2.05, 4.69) is 15.5 Å². The molecule has 0 bridgehead atoms. The summed E-state index contributed by atoms with van der Waals surface area (Å²) >= 11 is 0. The fraction of sp³-hybridized carbons (Fsp3) is 0.385. The lowest BCUT2D eigenvalue weighted by Crippen LogP contribution is -2.17. The van der Waals surface area contributed by atoms with Crippen LogP contribution in [0.25, 0.3) is 0 Å². The van der Waals surface area contributed by atoms with E-state index in [0.29, 0.717) is 30.7 Å². The zero-order valence-corrected chi connectivity index (χ0v) is 11.2. The molecule has 2 aromatic rings. The van der Waals surface area contributed by atoms with Crippen molar-refractivity contribution in [1.82, 2.24) is 15.5 Å². The van der Waals surface area contributed by atoms with E-state index in [4.69, 9.17) is 4.52 Å². The number of hydrogen-bond donors (Lipinski definition) is 1. The molecule has 0 radical (unpaired) electrons. The van der Waals surface area contributed by atoms with Crippen molar-refractivity contribution in [2.24, 2.45) is 0 Å². The molecule has 0 fully saturated rings. The van der Waals surface area contributed by atoms with Gasteiger partial charge in [0.25, 0.3) is 0 Å². The highest BCUT2D eigenvalue weighted by atomic mass is 19.4. The van der Waals surface area contributed by atoms with Gasteiger partial charge in [0.15, 0.2) is 5.82 Å². The summed E-state index contributed by atoms with van der Waals surface area (Å²) in [5, 5.41) is 6.52. The van der Waals surface area contributed by atoms with Gasteiger partial charge in [0.05, 0.1) is 5.56 Å². The third kappa shape index (κ3) is 4.52. The van der Waals surface area contributed by atoms with E-state index in [-0.39, 0.29) is 12.1 Å². The number of rotatable bonds is 5. The Bertz CT molecular complexity index is 610. The van der Waals surface area contributed by atoms with Gasteiger partial charge in [-0.2, -0.15) is 18.2 Å². The van der Waals surface area contributed by atoms with Gasteiger partial charge >= 0.3 is 6.18 Å². The molecule has 114 valence electrons. The van der Waals surface area contributed by atoms with Gasteiger partial charge in [-0.3, -0.25) is 0 Å². The van der Waals surface area contributed by atoms with E-state index in [9.17, 15) is 17.6 Å². The van der Waals surface area contributed by atoms with Crippen LogP contribution in [0.15, 0.2) is 22.7 Å². The van der Waals surface area contributed by atoms with E-state index < -0.39 is 17.6 Å². The van der Waals surface area contributed by atoms with Gasteiger partial charge in [0.1, 0.15) is 5.82 Å². The quantitative estimate of drug-likeness (QED) is 0.681. The number of hydrogen-bond acceptors (Lipinski definition) is 4. The predicted molar refractivity (Wildman–Crippen MR) is 65.8 cm³/mol. The second kappa shape index (κ2) is 6.21. The fourth-order valence-electron chi connectivity index (χ4n) is 1.79. The first kappa shape index (κ1) is 15.4. The van der Waals surface area contributed by atoms with Crippen LogP contribution in [0.4, 0.5) is 17.6 Å². The number of nitrogens with one attached hydrogen (secondary N) is 1. The van der Waals surface area contributed by atoms with Crippen LogP contribution in [0.1, 0.15) is 22.8 Å². The van der Waals surface area contributed by atoms with Gasteiger partial charge in [0, 0.05) is 19.5 Å². The van der Waals surface area contributed by atoms with Gasteiger partial charge in [-0.15, -0.1) is 0 Å². The maximum absolute atomic E-state index is 13.2.